The molecule has 0 aliphatic rings. The van der Waals surface area contributed by atoms with E-state index in [1.165, 1.54) is 0 Å². The molecule has 27 heavy (non-hydrogen) atoms. The Balaban J connectivity index is 2.21. The van der Waals surface area contributed by atoms with Crippen molar-refractivity contribution >= 4 is 10.9 Å². The van der Waals surface area contributed by atoms with Gasteiger partial charge in [0, 0.05) is 11.8 Å². The van der Waals surface area contributed by atoms with Crippen LogP contribution in [-0.2, 0) is 0 Å². The van der Waals surface area contributed by atoms with E-state index in [1.807, 2.05) is 37.3 Å². The van der Waals surface area contributed by atoms with Crippen LogP contribution >= 0.6 is 0 Å². The Kier molecular flexibility index (Phi) is 5.45. The Morgan fingerprint density at radius 3 is 2.33 bits per heavy atom. The van der Waals surface area contributed by atoms with E-state index < -0.39 is 0 Å². The van der Waals surface area contributed by atoms with Crippen LogP contribution < -0.4 is 18.9 Å². The summed E-state index contributed by atoms with van der Waals surface area (Å²) in [4.78, 5) is 9.15. The van der Waals surface area contributed by atoms with E-state index in [-0.39, 0.29) is 6.10 Å². The fourth-order valence-corrected chi connectivity index (χ4v) is 2.74. The van der Waals surface area contributed by atoms with Crippen LogP contribution in [0, 0.1) is 0 Å². The van der Waals surface area contributed by atoms with E-state index in [4.69, 9.17) is 23.9 Å². The molecule has 0 aliphatic heterocycles. The van der Waals surface area contributed by atoms with E-state index >= 15 is 0 Å². The Hall–Kier alpha value is -3.28. The van der Waals surface area contributed by atoms with Crippen molar-refractivity contribution < 1.29 is 18.9 Å². The molecule has 0 saturated carbocycles. The molecule has 140 valence electrons. The highest BCUT2D eigenvalue weighted by molar-refractivity contribution is 5.87. The predicted molar refractivity (Wildman–Crippen MR) is 105 cm³/mol. The quantitative estimate of drug-likeness (QED) is 0.582. The van der Waals surface area contributed by atoms with E-state index in [1.54, 1.807) is 33.6 Å². The van der Waals surface area contributed by atoms with Gasteiger partial charge in [-0.3, -0.25) is 4.98 Å². The van der Waals surface area contributed by atoms with Crippen molar-refractivity contribution in [3.05, 3.63) is 49.2 Å². The van der Waals surface area contributed by atoms with Crippen LogP contribution in [0.1, 0.15) is 6.92 Å². The fourth-order valence-electron chi connectivity index (χ4n) is 2.74. The van der Waals surface area contributed by atoms with Gasteiger partial charge in [-0.2, -0.15) is 0 Å². The Bertz CT molecular complexity index is 947. The SMILES string of the molecule is C=CC(C)Oc1nc(-c2cc(OC)c(OC)c(OC)c2)cc2ncccc12. The average molecular weight is 366 g/mol. The normalized spacial score (nSPS) is 11.7. The van der Waals surface area contributed by atoms with Crippen LogP contribution in [-0.4, -0.2) is 37.4 Å². The van der Waals surface area contributed by atoms with Gasteiger partial charge in [0.05, 0.1) is 37.9 Å². The molecule has 1 atom stereocenters. The lowest BCUT2D eigenvalue weighted by atomic mass is 10.1. The largest absolute Gasteiger partial charge is 0.493 e. The van der Waals surface area contributed by atoms with Gasteiger partial charge in [-0.05, 0) is 37.3 Å². The summed E-state index contributed by atoms with van der Waals surface area (Å²) in [5.41, 5.74) is 2.27. The first kappa shape index (κ1) is 18.5. The fraction of sp³-hybridized carbons (Fsp3) is 0.238. The molecule has 6 nitrogen and oxygen atoms in total. The molecule has 0 saturated heterocycles. The number of methoxy groups -OCH3 is 3. The lowest BCUT2D eigenvalue weighted by molar-refractivity contribution is 0.263. The zero-order chi connectivity index (χ0) is 19.4. The lowest BCUT2D eigenvalue weighted by Crippen LogP contribution is -2.09. The molecule has 2 heterocycles. The maximum absolute atomic E-state index is 5.94. The van der Waals surface area contributed by atoms with E-state index in [0.717, 1.165) is 16.5 Å². The summed E-state index contributed by atoms with van der Waals surface area (Å²) in [7, 11) is 4.73. The number of pyridine rings is 2. The van der Waals surface area contributed by atoms with Crippen LogP contribution in [0.3, 0.4) is 0 Å². The number of hydrogen-bond acceptors (Lipinski definition) is 6. The Labute approximate surface area is 158 Å². The molecule has 2 aromatic heterocycles. The lowest BCUT2D eigenvalue weighted by Gasteiger charge is -2.16. The van der Waals surface area contributed by atoms with Crippen LogP contribution in [0.5, 0.6) is 23.1 Å². The van der Waals surface area contributed by atoms with Crippen LogP contribution in [0.25, 0.3) is 22.2 Å². The number of hydrogen-bond donors (Lipinski definition) is 0. The standard InChI is InChI=1S/C21H22N2O4/c1-6-13(2)27-21-15-8-7-9-22-17(15)12-16(23-21)14-10-18(24-3)20(26-5)19(11-14)25-4/h6-13H,1H2,2-5H3. The summed E-state index contributed by atoms with van der Waals surface area (Å²) < 4.78 is 22.2. The third-order valence-corrected chi connectivity index (χ3v) is 4.15. The van der Waals surface area contributed by atoms with E-state index in [2.05, 4.69) is 11.6 Å². The second-order valence-corrected chi connectivity index (χ2v) is 5.86. The zero-order valence-corrected chi connectivity index (χ0v) is 15.9. The zero-order valence-electron chi connectivity index (χ0n) is 15.9. The summed E-state index contributed by atoms with van der Waals surface area (Å²) in [5, 5.41) is 0.836. The van der Waals surface area contributed by atoms with Crippen molar-refractivity contribution in [3.8, 4) is 34.4 Å². The monoisotopic (exact) mass is 366 g/mol. The van der Waals surface area contributed by atoms with E-state index in [9.17, 15) is 0 Å². The predicted octanol–water partition coefficient (Wildman–Crippen LogP) is 4.28. The molecule has 0 fully saturated rings. The second-order valence-electron chi connectivity index (χ2n) is 5.86. The second kappa shape index (κ2) is 7.95. The highest BCUT2D eigenvalue weighted by Gasteiger charge is 2.17. The third kappa shape index (κ3) is 3.65. The van der Waals surface area contributed by atoms with Crippen molar-refractivity contribution in [1.82, 2.24) is 9.97 Å². The average Bonchev–Trinajstić information content (AvgIpc) is 2.72. The molecule has 0 aliphatic carbocycles. The summed E-state index contributed by atoms with van der Waals surface area (Å²) in [6.07, 6.45) is 3.27. The summed E-state index contributed by atoms with van der Waals surface area (Å²) in [6.45, 7) is 5.67. The minimum Gasteiger partial charge on any atom is -0.493 e. The molecule has 1 aromatic carbocycles. The number of nitrogens with zero attached hydrogens (tertiary/aromatic N) is 2. The number of aromatic nitrogens is 2. The van der Waals surface area contributed by atoms with Gasteiger partial charge < -0.3 is 18.9 Å². The summed E-state index contributed by atoms with van der Waals surface area (Å²) in [6, 6.07) is 9.38. The first-order chi connectivity index (χ1) is 13.1. The van der Waals surface area contributed by atoms with Crippen LogP contribution in [0.15, 0.2) is 49.2 Å². The number of benzene rings is 1. The Morgan fingerprint density at radius 2 is 1.74 bits per heavy atom. The van der Waals surface area contributed by atoms with Crippen molar-refractivity contribution in [2.24, 2.45) is 0 Å². The number of rotatable bonds is 7. The van der Waals surface area contributed by atoms with Crippen molar-refractivity contribution in [1.29, 1.82) is 0 Å². The molecular formula is C21H22N2O4. The van der Waals surface area contributed by atoms with Gasteiger partial charge in [0.15, 0.2) is 11.5 Å². The highest BCUT2D eigenvalue weighted by Crippen LogP contribution is 2.41. The molecule has 3 aromatic rings. The van der Waals surface area contributed by atoms with Crippen LogP contribution in [0.2, 0.25) is 0 Å². The third-order valence-electron chi connectivity index (χ3n) is 4.15. The minimum absolute atomic E-state index is 0.184. The molecule has 0 spiro atoms. The number of fused-ring (bicyclic) bond motifs is 1. The number of ether oxygens (including phenoxy) is 4. The van der Waals surface area contributed by atoms with Gasteiger partial charge >= 0.3 is 0 Å². The van der Waals surface area contributed by atoms with Gasteiger partial charge in [0.25, 0.3) is 0 Å². The minimum atomic E-state index is -0.184. The van der Waals surface area contributed by atoms with Gasteiger partial charge in [0.2, 0.25) is 11.6 Å². The van der Waals surface area contributed by atoms with Crippen molar-refractivity contribution in [2.45, 2.75) is 13.0 Å². The summed E-state index contributed by atoms with van der Waals surface area (Å²) in [5.74, 6) is 2.13. The molecule has 0 N–H and O–H groups in total. The van der Waals surface area contributed by atoms with Crippen molar-refractivity contribution in [3.63, 3.8) is 0 Å². The summed E-state index contributed by atoms with van der Waals surface area (Å²) >= 11 is 0. The van der Waals surface area contributed by atoms with Gasteiger partial charge in [-0.25, -0.2) is 4.98 Å². The van der Waals surface area contributed by atoms with E-state index in [0.29, 0.717) is 28.8 Å². The molecule has 0 bridgehead atoms. The topological polar surface area (TPSA) is 62.7 Å². The first-order valence-corrected chi connectivity index (χ1v) is 8.46. The van der Waals surface area contributed by atoms with Crippen LogP contribution in [0.4, 0.5) is 0 Å². The highest BCUT2D eigenvalue weighted by atomic mass is 16.5. The molecular weight excluding hydrogens is 344 g/mol. The van der Waals surface area contributed by atoms with Gasteiger partial charge in [-0.1, -0.05) is 12.7 Å². The van der Waals surface area contributed by atoms with Crippen molar-refractivity contribution in [2.75, 3.05) is 21.3 Å². The molecule has 1 unspecified atom stereocenters. The first-order valence-electron chi connectivity index (χ1n) is 8.46. The maximum atomic E-state index is 5.94. The molecule has 0 amide bonds. The molecule has 6 heteroatoms. The van der Waals surface area contributed by atoms with Gasteiger partial charge in [-0.15, -0.1) is 0 Å². The van der Waals surface area contributed by atoms with Gasteiger partial charge in [0.1, 0.15) is 6.10 Å². The smallest absolute Gasteiger partial charge is 0.224 e. The maximum Gasteiger partial charge on any atom is 0.224 e. The molecule has 3 rings (SSSR count). The Morgan fingerprint density at radius 1 is 1.04 bits per heavy atom. The molecule has 0 radical (unpaired) electrons.